The van der Waals surface area contributed by atoms with E-state index in [9.17, 15) is 19.2 Å². The zero-order valence-electron chi connectivity index (χ0n) is 32.1. The predicted molar refractivity (Wildman–Crippen MR) is 222 cm³/mol. The summed E-state index contributed by atoms with van der Waals surface area (Å²) in [6.07, 6.45) is 4.80. The Kier molecular flexibility index (Phi) is 13.4. The summed E-state index contributed by atoms with van der Waals surface area (Å²) in [5.41, 5.74) is 4.38. The van der Waals surface area contributed by atoms with Crippen molar-refractivity contribution in [1.82, 2.24) is 5.32 Å². The monoisotopic (exact) mass is 766 g/mol. The second kappa shape index (κ2) is 18.0. The Hall–Kier alpha value is -4.87. The summed E-state index contributed by atoms with van der Waals surface area (Å²) >= 11 is 2.87. The van der Waals surface area contributed by atoms with Gasteiger partial charge in [0.2, 0.25) is 5.91 Å². The number of amides is 3. The van der Waals surface area contributed by atoms with E-state index in [1.165, 1.54) is 23.1 Å². The molecule has 11 heteroatoms. The van der Waals surface area contributed by atoms with Gasteiger partial charge >= 0.3 is 5.97 Å². The lowest BCUT2D eigenvalue weighted by Crippen LogP contribution is -2.30. The molecule has 1 aromatic heterocycles. The number of rotatable bonds is 13. The van der Waals surface area contributed by atoms with Gasteiger partial charge in [0.1, 0.15) is 10.7 Å². The second-order valence-electron chi connectivity index (χ2n) is 14.6. The average molecular weight is 767 g/mol. The molecular weight excluding hydrogens is 717 g/mol. The van der Waals surface area contributed by atoms with Crippen molar-refractivity contribution in [2.75, 3.05) is 36.2 Å². The van der Waals surface area contributed by atoms with E-state index in [0.717, 1.165) is 45.8 Å². The zero-order chi connectivity index (χ0) is 39.0. The molecule has 0 saturated carbocycles. The standard InChI is InChI=1S/C43H50N4O5S2/c1-8-35(40(50)46-41-37(42(51)52-9-2)33-23-20-29(43(3,4)5)25-36(33)54-41)53-32-17-13-16-30(26-32)44-39(49)34(45-38(48)28-14-11-10-12-15-28)24-27-18-21-31(22-19-27)47(6)7/h10-19,21-22,24,26,29,35H,8-9,20,23,25H2,1-7H3,(H,44,49)(H,45,48)(H,46,50)/b34-24+. The van der Waals surface area contributed by atoms with Crippen molar-refractivity contribution in [3.8, 4) is 0 Å². The SMILES string of the molecule is CCOC(=O)c1c(NC(=O)C(CC)Sc2cccc(NC(=O)/C(=C\c3ccc(N(C)C)cc3)NC(=O)c3ccccc3)c2)sc2c1CCC(C(C)(C)C)C2. The van der Waals surface area contributed by atoms with E-state index in [2.05, 4.69) is 36.7 Å². The molecule has 54 heavy (non-hydrogen) atoms. The number of ether oxygens (including phenoxy) is 1. The largest absolute Gasteiger partial charge is 0.462 e. The van der Waals surface area contributed by atoms with E-state index in [0.29, 0.717) is 34.2 Å². The molecule has 2 atom stereocenters. The number of carbonyl (C=O) groups excluding carboxylic acids is 4. The van der Waals surface area contributed by atoms with Crippen LogP contribution in [0.3, 0.4) is 0 Å². The third-order valence-corrected chi connectivity index (χ3v) is 12.0. The molecule has 1 aliphatic rings. The Morgan fingerprint density at radius 1 is 0.963 bits per heavy atom. The van der Waals surface area contributed by atoms with Crippen molar-refractivity contribution in [1.29, 1.82) is 0 Å². The summed E-state index contributed by atoms with van der Waals surface area (Å²) in [5, 5.41) is 8.89. The van der Waals surface area contributed by atoms with E-state index in [4.69, 9.17) is 4.74 Å². The van der Waals surface area contributed by atoms with Gasteiger partial charge in [-0.1, -0.05) is 64.1 Å². The number of thioether (sulfide) groups is 1. The van der Waals surface area contributed by atoms with Crippen LogP contribution in [0.2, 0.25) is 0 Å². The van der Waals surface area contributed by atoms with Crippen LogP contribution in [0.4, 0.5) is 16.4 Å². The lowest BCUT2D eigenvalue weighted by atomic mass is 9.72. The summed E-state index contributed by atoms with van der Waals surface area (Å²) in [6, 6.07) is 23.6. The lowest BCUT2D eigenvalue weighted by molar-refractivity contribution is -0.116. The number of hydrogen-bond acceptors (Lipinski definition) is 8. The summed E-state index contributed by atoms with van der Waals surface area (Å²) in [5.74, 6) is -1.03. The molecule has 0 radical (unpaired) electrons. The lowest BCUT2D eigenvalue weighted by Gasteiger charge is -2.33. The Morgan fingerprint density at radius 2 is 1.69 bits per heavy atom. The van der Waals surface area contributed by atoms with Gasteiger partial charge < -0.3 is 25.6 Å². The van der Waals surface area contributed by atoms with Gasteiger partial charge in [0.25, 0.3) is 11.8 Å². The van der Waals surface area contributed by atoms with Crippen molar-refractivity contribution in [3.05, 3.63) is 112 Å². The van der Waals surface area contributed by atoms with E-state index >= 15 is 0 Å². The first-order chi connectivity index (χ1) is 25.8. The van der Waals surface area contributed by atoms with Gasteiger partial charge in [0.05, 0.1) is 17.4 Å². The van der Waals surface area contributed by atoms with E-state index in [-0.39, 0.29) is 23.6 Å². The molecule has 0 fully saturated rings. The smallest absolute Gasteiger partial charge is 0.341 e. The van der Waals surface area contributed by atoms with Crippen molar-refractivity contribution in [2.24, 2.45) is 11.3 Å². The molecule has 5 rings (SSSR count). The number of esters is 1. The highest BCUT2D eigenvalue weighted by atomic mass is 32.2. The number of hydrogen-bond donors (Lipinski definition) is 3. The predicted octanol–water partition coefficient (Wildman–Crippen LogP) is 9.06. The van der Waals surface area contributed by atoms with E-state index in [1.807, 2.05) is 74.4 Å². The number of nitrogens with zero attached hydrogens (tertiary/aromatic N) is 1. The minimum Gasteiger partial charge on any atom is -0.462 e. The number of nitrogens with one attached hydrogen (secondary N) is 3. The third-order valence-electron chi connectivity index (χ3n) is 9.49. The van der Waals surface area contributed by atoms with E-state index < -0.39 is 23.0 Å². The fourth-order valence-electron chi connectivity index (χ4n) is 6.33. The van der Waals surface area contributed by atoms with Gasteiger partial charge in [-0.25, -0.2) is 4.79 Å². The molecule has 284 valence electrons. The normalized spacial score (nSPS) is 14.7. The zero-order valence-corrected chi connectivity index (χ0v) is 33.7. The first-order valence-electron chi connectivity index (χ1n) is 18.3. The molecular formula is C43H50N4O5S2. The maximum absolute atomic E-state index is 13.8. The topological polar surface area (TPSA) is 117 Å². The van der Waals surface area contributed by atoms with Crippen molar-refractivity contribution in [3.63, 3.8) is 0 Å². The molecule has 1 aliphatic carbocycles. The first-order valence-corrected chi connectivity index (χ1v) is 20.0. The van der Waals surface area contributed by atoms with Gasteiger partial charge in [0.15, 0.2) is 0 Å². The van der Waals surface area contributed by atoms with Crippen LogP contribution in [0, 0.1) is 11.3 Å². The Labute approximate surface area is 327 Å². The summed E-state index contributed by atoms with van der Waals surface area (Å²) < 4.78 is 5.45. The highest BCUT2D eigenvalue weighted by Crippen LogP contribution is 2.45. The van der Waals surface area contributed by atoms with Crippen LogP contribution in [0.5, 0.6) is 0 Å². The van der Waals surface area contributed by atoms with Crippen LogP contribution in [0.15, 0.2) is 89.5 Å². The van der Waals surface area contributed by atoms with Gasteiger partial charge in [-0.15, -0.1) is 23.1 Å². The van der Waals surface area contributed by atoms with E-state index in [1.54, 1.807) is 43.3 Å². The fraction of sp³-hybridized carbons (Fsp3) is 0.349. The van der Waals surface area contributed by atoms with Crippen molar-refractivity contribution in [2.45, 2.75) is 70.4 Å². The quantitative estimate of drug-likeness (QED) is 0.0707. The first kappa shape index (κ1) is 40.3. The maximum atomic E-state index is 13.8. The molecule has 3 N–H and O–H groups in total. The van der Waals surface area contributed by atoms with Gasteiger partial charge in [0, 0.05) is 40.8 Å². The highest BCUT2D eigenvalue weighted by molar-refractivity contribution is 8.00. The number of fused-ring (bicyclic) bond motifs is 1. The fourth-order valence-corrected chi connectivity index (χ4v) is 8.67. The molecule has 0 bridgehead atoms. The summed E-state index contributed by atoms with van der Waals surface area (Å²) in [7, 11) is 3.90. The molecule has 3 aromatic carbocycles. The number of thiophene rings is 1. The summed E-state index contributed by atoms with van der Waals surface area (Å²) in [6.45, 7) is 10.7. The van der Waals surface area contributed by atoms with Gasteiger partial charge in [-0.3, -0.25) is 14.4 Å². The Bertz CT molecular complexity index is 2000. The molecule has 9 nitrogen and oxygen atoms in total. The Morgan fingerprint density at radius 3 is 2.33 bits per heavy atom. The molecule has 1 heterocycles. The molecule has 0 saturated heterocycles. The summed E-state index contributed by atoms with van der Waals surface area (Å²) in [4.78, 5) is 57.8. The van der Waals surface area contributed by atoms with Crippen LogP contribution in [0.1, 0.15) is 84.2 Å². The molecule has 3 amide bonds. The average Bonchev–Trinajstić information content (AvgIpc) is 3.51. The van der Waals surface area contributed by atoms with Crippen molar-refractivity contribution >= 4 is 69.2 Å². The van der Waals surface area contributed by atoms with Crippen LogP contribution in [0.25, 0.3) is 6.08 Å². The van der Waals surface area contributed by atoms with Crippen LogP contribution < -0.4 is 20.9 Å². The number of benzene rings is 3. The number of anilines is 3. The molecule has 0 aliphatic heterocycles. The van der Waals surface area contributed by atoms with Gasteiger partial charge in [-0.2, -0.15) is 0 Å². The van der Waals surface area contributed by atoms with Gasteiger partial charge in [-0.05, 0) is 104 Å². The maximum Gasteiger partial charge on any atom is 0.341 e. The minimum absolute atomic E-state index is 0.0789. The van der Waals surface area contributed by atoms with Crippen molar-refractivity contribution < 1.29 is 23.9 Å². The van der Waals surface area contributed by atoms with Crippen LogP contribution in [-0.4, -0.2) is 49.6 Å². The molecule has 0 spiro atoms. The van der Waals surface area contributed by atoms with Crippen LogP contribution >= 0.6 is 23.1 Å². The second-order valence-corrected chi connectivity index (χ2v) is 17.0. The Balaban J connectivity index is 1.33. The minimum atomic E-state index is -0.496. The molecule has 4 aromatic rings. The third kappa shape index (κ3) is 10.2. The molecule has 2 unspecified atom stereocenters. The number of carbonyl (C=O) groups is 4. The highest BCUT2D eigenvalue weighted by Gasteiger charge is 2.35. The van der Waals surface area contributed by atoms with Crippen LogP contribution in [-0.2, 0) is 27.2 Å².